The number of nitrogens with zero attached hydrogens (tertiary/aromatic N) is 2. The van der Waals surface area contributed by atoms with Crippen LogP contribution in [0.4, 0.5) is 5.69 Å². The van der Waals surface area contributed by atoms with Crippen LogP contribution in [0.25, 0.3) is 11.3 Å². The maximum absolute atomic E-state index is 12.2. The van der Waals surface area contributed by atoms with E-state index in [0.29, 0.717) is 27.4 Å². The van der Waals surface area contributed by atoms with Crippen LogP contribution < -0.4 is 10.6 Å². The Balaban J connectivity index is 1.32. The highest BCUT2D eigenvalue weighted by Gasteiger charge is 2.32. The normalized spacial score (nSPS) is 17.3. The van der Waals surface area contributed by atoms with Crippen molar-refractivity contribution in [2.75, 3.05) is 5.32 Å². The highest BCUT2D eigenvalue weighted by molar-refractivity contribution is 8.15. The van der Waals surface area contributed by atoms with Gasteiger partial charge in [0.1, 0.15) is 16.8 Å². The van der Waals surface area contributed by atoms with Gasteiger partial charge in [-0.1, -0.05) is 41.6 Å². The summed E-state index contributed by atoms with van der Waals surface area (Å²) in [5, 5.41) is 13.8. The summed E-state index contributed by atoms with van der Waals surface area (Å²) in [6.07, 6.45) is 1.49. The van der Waals surface area contributed by atoms with Crippen LogP contribution in [0, 0.1) is 0 Å². The number of rotatable bonds is 6. The molecular formula is C22H17ClN4O3S. The number of carbonyl (C=O) groups is 2. The molecule has 1 fully saturated rings. The average molecular weight is 453 g/mol. The van der Waals surface area contributed by atoms with E-state index < -0.39 is 5.25 Å². The number of thioether (sulfide) groups is 1. The van der Waals surface area contributed by atoms with Gasteiger partial charge in [0.05, 0.1) is 6.21 Å². The summed E-state index contributed by atoms with van der Waals surface area (Å²) in [5.41, 5.74) is 1.58. The number of amides is 2. The topological polar surface area (TPSA) is 96.1 Å². The van der Waals surface area contributed by atoms with Crippen molar-refractivity contribution in [1.29, 1.82) is 0 Å². The summed E-state index contributed by atoms with van der Waals surface area (Å²) in [7, 11) is 0. The molecule has 2 heterocycles. The predicted octanol–water partition coefficient (Wildman–Crippen LogP) is 4.55. The van der Waals surface area contributed by atoms with Crippen LogP contribution >= 0.6 is 23.4 Å². The van der Waals surface area contributed by atoms with Crippen LogP contribution in [0.1, 0.15) is 12.2 Å². The van der Waals surface area contributed by atoms with Crippen LogP contribution in [0.5, 0.6) is 0 Å². The van der Waals surface area contributed by atoms with Crippen LogP contribution in [0.2, 0.25) is 5.02 Å². The predicted molar refractivity (Wildman–Crippen MR) is 123 cm³/mol. The summed E-state index contributed by atoms with van der Waals surface area (Å²) >= 11 is 7.07. The van der Waals surface area contributed by atoms with E-state index >= 15 is 0 Å². The van der Waals surface area contributed by atoms with Crippen LogP contribution in [-0.4, -0.2) is 28.4 Å². The molecule has 0 spiro atoms. The molecule has 4 rings (SSSR count). The Morgan fingerprint density at radius 2 is 1.90 bits per heavy atom. The maximum Gasteiger partial charge on any atom is 0.240 e. The first-order valence-electron chi connectivity index (χ1n) is 9.36. The second-order valence-electron chi connectivity index (χ2n) is 6.57. The third-order valence-electron chi connectivity index (χ3n) is 4.29. The third-order valence-corrected chi connectivity index (χ3v) is 5.62. The Morgan fingerprint density at radius 1 is 1.13 bits per heavy atom. The Labute approximate surface area is 187 Å². The lowest BCUT2D eigenvalue weighted by Gasteiger charge is -2.06. The highest BCUT2D eigenvalue weighted by Crippen LogP contribution is 2.24. The number of hydrogen-bond donors (Lipinski definition) is 2. The zero-order chi connectivity index (χ0) is 21.6. The maximum atomic E-state index is 12.2. The Hall–Kier alpha value is -3.36. The summed E-state index contributed by atoms with van der Waals surface area (Å²) in [6.45, 7) is 0. The molecule has 0 radical (unpaired) electrons. The number of furan rings is 1. The Bertz CT molecular complexity index is 1140. The second kappa shape index (κ2) is 9.63. The summed E-state index contributed by atoms with van der Waals surface area (Å²) in [6, 6.07) is 20.0. The van der Waals surface area contributed by atoms with Gasteiger partial charge < -0.3 is 15.1 Å². The van der Waals surface area contributed by atoms with Gasteiger partial charge in [0.15, 0.2) is 5.17 Å². The van der Waals surface area contributed by atoms with Gasteiger partial charge >= 0.3 is 0 Å². The highest BCUT2D eigenvalue weighted by atomic mass is 35.5. The number of carbonyl (C=O) groups excluding carboxylic acids is 2. The lowest BCUT2D eigenvalue weighted by Crippen LogP contribution is -2.28. The first kappa shape index (κ1) is 20.9. The first-order valence-corrected chi connectivity index (χ1v) is 10.6. The molecule has 0 aliphatic carbocycles. The first-order chi connectivity index (χ1) is 15.1. The molecule has 7 nitrogen and oxygen atoms in total. The van der Waals surface area contributed by atoms with Crippen LogP contribution in [-0.2, 0) is 9.59 Å². The number of halogens is 1. The lowest BCUT2D eigenvalue weighted by atomic mass is 10.2. The molecule has 1 aliphatic rings. The monoisotopic (exact) mass is 452 g/mol. The van der Waals surface area contributed by atoms with Crippen LogP contribution in [0.15, 0.2) is 81.4 Å². The standard InChI is InChI=1S/C22H17ClN4O3S/c23-15-8-6-14(7-9-15)18-11-10-17(30-18)13-24-27-22-26-21(29)19(31-22)12-20(28)25-16-4-2-1-3-5-16/h1-11,13,19H,12H2,(H,25,28)(H,26,27,29)/b24-13+. The van der Waals surface area contributed by atoms with Crippen molar-refractivity contribution < 1.29 is 14.0 Å². The molecule has 0 bridgehead atoms. The van der Waals surface area contributed by atoms with Gasteiger partial charge in [-0.2, -0.15) is 5.10 Å². The van der Waals surface area contributed by atoms with E-state index in [2.05, 4.69) is 20.8 Å². The van der Waals surface area contributed by atoms with Crippen molar-refractivity contribution >= 4 is 52.2 Å². The van der Waals surface area contributed by atoms with Gasteiger partial charge in [0, 0.05) is 22.7 Å². The molecule has 2 aromatic carbocycles. The van der Waals surface area contributed by atoms with Gasteiger partial charge in [0.25, 0.3) is 0 Å². The molecule has 1 saturated heterocycles. The van der Waals surface area contributed by atoms with Gasteiger partial charge in [-0.25, -0.2) is 0 Å². The van der Waals surface area contributed by atoms with E-state index in [1.165, 1.54) is 18.0 Å². The fraction of sp³-hybridized carbons (Fsp3) is 0.0909. The van der Waals surface area contributed by atoms with Crippen molar-refractivity contribution in [3.8, 4) is 11.3 Å². The van der Waals surface area contributed by atoms with Crippen molar-refractivity contribution in [2.45, 2.75) is 11.7 Å². The average Bonchev–Trinajstić information content (AvgIpc) is 3.36. The number of amidine groups is 1. The Kier molecular flexibility index (Phi) is 6.49. The van der Waals surface area contributed by atoms with E-state index in [-0.39, 0.29) is 18.2 Å². The summed E-state index contributed by atoms with van der Waals surface area (Å²) in [4.78, 5) is 24.3. The van der Waals surface area contributed by atoms with Gasteiger partial charge in [-0.05, 0) is 48.5 Å². The van der Waals surface area contributed by atoms with E-state index in [9.17, 15) is 9.59 Å². The fourth-order valence-corrected chi connectivity index (χ4v) is 3.87. The summed E-state index contributed by atoms with van der Waals surface area (Å²) in [5.74, 6) is 0.681. The number of para-hydroxylation sites is 1. The minimum atomic E-state index is -0.558. The number of hydrogen-bond acceptors (Lipinski definition) is 6. The minimum Gasteiger partial charge on any atom is -0.455 e. The van der Waals surface area contributed by atoms with Crippen molar-refractivity contribution in [3.05, 3.63) is 77.5 Å². The molecule has 1 aromatic heterocycles. The zero-order valence-corrected chi connectivity index (χ0v) is 17.7. The minimum absolute atomic E-state index is 0.0385. The summed E-state index contributed by atoms with van der Waals surface area (Å²) < 4.78 is 5.72. The van der Waals surface area contributed by atoms with Gasteiger partial charge in [0.2, 0.25) is 11.8 Å². The van der Waals surface area contributed by atoms with E-state index in [4.69, 9.17) is 16.0 Å². The molecule has 1 unspecified atom stereocenters. The fourth-order valence-electron chi connectivity index (χ4n) is 2.82. The SMILES string of the molecule is O=C(CC1S/C(=N\N=C\c2ccc(-c3ccc(Cl)cc3)o2)NC1=O)Nc1ccccc1. The molecule has 156 valence electrons. The molecule has 1 aliphatic heterocycles. The second-order valence-corrected chi connectivity index (χ2v) is 8.20. The van der Waals surface area contributed by atoms with E-state index in [1.807, 2.05) is 36.4 Å². The molecule has 2 N–H and O–H groups in total. The molecule has 1 atom stereocenters. The zero-order valence-electron chi connectivity index (χ0n) is 16.1. The number of anilines is 1. The molecular weight excluding hydrogens is 436 g/mol. The smallest absolute Gasteiger partial charge is 0.240 e. The third kappa shape index (κ3) is 5.62. The molecule has 3 aromatic rings. The van der Waals surface area contributed by atoms with Crippen molar-refractivity contribution in [2.24, 2.45) is 10.2 Å². The lowest BCUT2D eigenvalue weighted by molar-refractivity contribution is -0.122. The van der Waals surface area contributed by atoms with E-state index in [1.54, 1.807) is 30.3 Å². The van der Waals surface area contributed by atoms with Crippen molar-refractivity contribution in [1.82, 2.24) is 5.32 Å². The van der Waals surface area contributed by atoms with Crippen molar-refractivity contribution in [3.63, 3.8) is 0 Å². The van der Waals surface area contributed by atoms with Gasteiger partial charge in [-0.15, -0.1) is 5.10 Å². The quantitative estimate of drug-likeness (QED) is 0.423. The molecule has 0 saturated carbocycles. The molecule has 31 heavy (non-hydrogen) atoms. The Morgan fingerprint density at radius 3 is 2.68 bits per heavy atom. The van der Waals surface area contributed by atoms with Crippen LogP contribution in [0.3, 0.4) is 0 Å². The number of nitrogens with one attached hydrogen (secondary N) is 2. The van der Waals surface area contributed by atoms with Gasteiger partial charge in [-0.3, -0.25) is 9.59 Å². The van der Waals surface area contributed by atoms with E-state index in [0.717, 1.165) is 5.56 Å². The molecule has 2 amide bonds. The molecule has 9 heteroatoms. The number of benzene rings is 2. The largest absolute Gasteiger partial charge is 0.455 e.